The molecule has 1 N–H and O–H groups in total. The second-order valence-electron chi connectivity index (χ2n) is 4.44. The van der Waals surface area contributed by atoms with Gasteiger partial charge in [0.15, 0.2) is 0 Å². The van der Waals surface area contributed by atoms with Gasteiger partial charge in [-0.1, -0.05) is 18.2 Å². The van der Waals surface area contributed by atoms with Crippen LogP contribution in [0.1, 0.15) is 25.7 Å². The van der Waals surface area contributed by atoms with Crippen LogP contribution in [0.15, 0.2) is 30.3 Å². The summed E-state index contributed by atoms with van der Waals surface area (Å²) >= 11 is 0. The van der Waals surface area contributed by atoms with E-state index in [9.17, 15) is 9.59 Å². The lowest BCUT2D eigenvalue weighted by Crippen LogP contribution is -2.23. The molecule has 2 saturated heterocycles. The maximum absolute atomic E-state index is 11.3. The summed E-state index contributed by atoms with van der Waals surface area (Å²) < 4.78 is 0. The van der Waals surface area contributed by atoms with Gasteiger partial charge in [-0.3, -0.25) is 9.59 Å². The summed E-state index contributed by atoms with van der Waals surface area (Å²) in [5.41, 5.74) is 1.03. The number of hydrogen-bond donors (Lipinski definition) is 1. The van der Waals surface area contributed by atoms with Gasteiger partial charge in [0.1, 0.15) is 0 Å². The largest absolute Gasteiger partial charge is 0.356 e. The number of carbonyl (C=O) groups excluding carboxylic acids is 2. The Morgan fingerprint density at radius 1 is 1.00 bits per heavy atom. The monoisotopic (exact) mass is 246 g/mol. The van der Waals surface area contributed by atoms with E-state index in [1.807, 2.05) is 35.2 Å². The topological polar surface area (TPSA) is 49.4 Å². The van der Waals surface area contributed by atoms with Crippen LogP contribution in [0.5, 0.6) is 0 Å². The second-order valence-corrected chi connectivity index (χ2v) is 4.44. The molecule has 0 aliphatic carbocycles. The molecule has 18 heavy (non-hydrogen) atoms. The Balaban J connectivity index is 0.000000169. The van der Waals surface area contributed by atoms with E-state index in [4.69, 9.17) is 0 Å². The van der Waals surface area contributed by atoms with Crippen molar-refractivity contribution >= 4 is 17.5 Å². The fourth-order valence-corrected chi connectivity index (χ4v) is 2.09. The van der Waals surface area contributed by atoms with Gasteiger partial charge in [0.05, 0.1) is 0 Å². The number of nitrogens with one attached hydrogen (secondary N) is 1. The molecule has 0 atom stereocenters. The molecule has 0 unspecified atom stereocenters. The fraction of sp³-hybridized carbons (Fsp3) is 0.429. The summed E-state index contributed by atoms with van der Waals surface area (Å²) in [5, 5.41) is 2.68. The summed E-state index contributed by atoms with van der Waals surface area (Å²) in [5.74, 6) is 0.455. The van der Waals surface area contributed by atoms with E-state index in [1.54, 1.807) is 0 Å². The molecule has 2 fully saturated rings. The zero-order chi connectivity index (χ0) is 12.8. The number of rotatable bonds is 1. The molecule has 2 aliphatic rings. The molecule has 0 aromatic heterocycles. The lowest BCUT2D eigenvalue weighted by atomic mass is 10.3. The summed E-state index contributed by atoms with van der Waals surface area (Å²) in [6.07, 6.45) is 3.46. The van der Waals surface area contributed by atoms with E-state index in [1.165, 1.54) is 0 Å². The average molecular weight is 246 g/mol. The highest BCUT2D eigenvalue weighted by Gasteiger charge is 2.20. The lowest BCUT2D eigenvalue weighted by molar-refractivity contribution is -0.119. The van der Waals surface area contributed by atoms with Crippen LogP contribution in [0, 0.1) is 0 Å². The van der Waals surface area contributed by atoms with Gasteiger partial charge >= 0.3 is 0 Å². The van der Waals surface area contributed by atoms with Crippen LogP contribution >= 0.6 is 0 Å². The molecule has 0 spiro atoms. The first kappa shape index (κ1) is 12.6. The van der Waals surface area contributed by atoms with Crippen LogP contribution in [0.3, 0.4) is 0 Å². The molecule has 2 aliphatic heterocycles. The zero-order valence-corrected chi connectivity index (χ0v) is 10.4. The third-order valence-electron chi connectivity index (χ3n) is 3.04. The Morgan fingerprint density at radius 3 is 2.22 bits per heavy atom. The third kappa shape index (κ3) is 3.32. The van der Waals surface area contributed by atoms with Gasteiger partial charge in [0.25, 0.3) is 0 Å². The van der Waals surface area contributed by atoms with Crippen molar-refractivity contribution in [3.05, 3.63) is 30.3 Å². The van der Waals surface area contributed by atoms with E-state index in [0.717, 1.165) is 38.0 Å². The third-order valence-corrected chi connectivity index (χ3v) is 3.04. The molecular weight excluding hydrogens is 228 g/mol. The quantitative estimate of drug-likeness (QED) is 0.820. The SMILES string of the molecule is O=C1CCCN1.O=C1CCCN1c1ccccc1. The molecule has 0 saturated carbocycles. The predicted molar refractivity (Wildman–Crippen MR) is 70.3 cm³/mol. The Labute approximate surface area is 107 Å². The smallest absolute Gasteiger partial charge is 0.227 e. The van der Waals surface area contributed by atoms with E-state index >= 15 is 0 Å². The highest BCUT2D eigenvalue weighted by atomic mass is 16.2. The van der Waals surface area contributed by atoms with Crippen molar-refractivity contribution in [2.45, 2.75) is 25.7 Å². The molecule has 2 heterocycles. The first-order chi connectivity index (χ1) is 8.77. The molecule has 3 rings (SSSR count). The Hall–Kier alpha value is -1.84. The fourth-order valence-electron chi connectivity index (χ4n) is 2.09. The molecule has 2 amide bonds. The Kier molecular flexibility index (Phi) is 4.34. The number of hydrogen-bond acceptors (Lipinski definition) is 2. The maximum atomic E-state index is 11.3. The summed E-state index contributed by atoms with van der Waals surface area (Å²) in [7, 11) is 0. The first-order valence-corrected chi connectivity index (χ1v) is 6.39. The van der Waals surface area contributed by atoms with Crippen LogP contribution in [-0.4, -0.2) is 24.9 Å². The van der Waals surface area contributed by atoms with Crippen LogP contribution in [0.4, 0.5) is 5.69 Å². The number of carbonyl (C=O) groups is 2. The normalized spacial score (nSPS) is 18.3. The molecule has 0 radical (unpaired) electrons. The van der Waals surface area contributed by atoms with Gasteiger partial charge in [-0.2, -0.15) is 0 Å². The van der Waals surface area contributed by atoms with Crippen molar-refractivity contribution in [3.8, 4) is 0 Å². The van der Waals surface area contributed by atoms with Crippen molar-refractivity contribution in [2.75, 3.05) is 18.0 Å². The van der Waals surface area contributed by atoms with Crippen LogP contribution in [-0.2, 0) is 9.59 Å². The minimum absolute atomic E-state index is 0.204. The molecule has 0 bridgehead atoms. The van der Waals surface area contributed by atoms with E-state index in [-0.39, 0.29) is 11.8 Å². The van der Waals surface area contributed by atoms with Gasteiger partial charge in [-0.05, 0) is 25.0 Å². The number of amides is 2. The van der Waals surface area contributed by atoms with Crippen LogP contribution < -0.4 is 10.2 Å². The molecule has 96 valence electrons. The first-order valence-electron chi connectivity index (χ1n) is 6.39. The van der Waals surface area contributed by atoms with E-state index in [2.05, 4.69) is 5.32 Å². The molecular formula is C14H18N2O2. The summed E-state index contributed by atoms with van der Waals surface area (Å²) in [4.78, 5) is 23.3. The lowest BCUT2D eigenvalue weighted by Gasteiger charge is -2.14. The Morgan fingerprint density at radius 2 is 1.78 bits per heavy atom. The molecule has 1 aromatic carbocycles. The van der Waals surface area contributed by atoms with Crippen molar-refractivity contribution < 1.29 is 9.59 Å². The van der Waals surface area contributed by atoms with Gasteiger partial charge < -0.3 is 10.2 Å². The highest BCUT2D eigenvalue weighted by Crippen LogP contribution is 2.19. The number of anilines is 1. The van der Waals surface area contributed by atoms with Crippen molar-refractivity contribution in [2.24, 2.45) is 0 Å². The van der Waals surface area contributed by atoms with Crippen molar-refractivity contribution in [3.63, 3.8) is 0 Å². The highest BCUT2D eigenvalue weighted by molar-refractivity contribution is 5.95. The van der Waals surface area contributed by atoms with Gasteiger partial charge in [0, 0.05) is 31.6 Å². The second kappa shape index (κ2) is 6.19. The summed E-state index contributed by atoms with van der Waals surface area (Å²) in [6, 6.07) is 9.83. The van der Waals surface area contributed by atoms with E-state index < -0.39 is 0 Å². The van der Waals surface area contributed by atoms with E-state index in [0.29, 0.717) is 6.42 Å². The minimum Gasteiger partial charge on any atom is -0.356 e. The van der Waals surface area contributed by atoms with Crippen LogP contribution in [0.25, 0.3) is 0 Å². The number of para-hydroxylation sites is 1. The van der Waals surface area contributed by atoms with Gasteiger partial charge in [-0.15, -0.1) is 0 Å². The molecule has 4 nitrogen and oxygen atoms in total. The number of benzene rings is 1. The van der Waals surface area contributed by atoms with Crippen LogP contribution in [0.2, 0.25) is 0 Å². The Bertz CT molecular complexity index is 409. The maximum Gasteiger partial charge on any atom is 0.227 e. The summed E-state index contributed by atoms with van der Waals surface area (Å²) in [6.45, 7) is 1.77. The standard InChI is InChI=1S/C10H11NO.C4H7NO/c12-10-7-4-8-11(10)9-5-2-1-3-6-9;6-4-2-1-3-5-4/h1-3,5-6H,4,7-8H2;1-3H2,(H,5,6). The predicted octanol–water partition coefficient (Wildman–Crippen LogP) is 1.71. The zero-order valence-electron chi connectivity index (χ0n) is 10.4. The van der Waals surface area contributed by atoms with Gasteiger partial charge in [0.2, 0.25) is 11.8 Å². The van der Waals surface area contributed by atoms with Crippen molar-refractivity contribution in [1.82, 2.24) is 5.32 Å². The average Bonchev–Trinajstić information content (AvgIpc) is 3.02. The molecule has 4 heteroatoms. The van der Waals surface area contributed by atoms with Crippen molar-refractivity contribution in [1.29, 1.82) is 0 Å². The van der Waals surface area contributed by atoms with Gasteiger partial charge in [-0.25, -0.2) is 0 Å². The minimum atomic E-state index is 0.204. The number of nitrogens with zero attached hydrogens (tertiary/aromatic N) is 1. The molecule has 1 aromatic rings.